The molecule has 0 saturated carbocycles. The van der Waals surface area contributed by atoms with Gasteiger partial charge in [-0.2, -0.15) is 0 Å². The van der Waals surface area contributed by atoms with Crippen LogP contribution < -0.4 is 4.74 Å². The molecule has 5 nitrogen and oxygen atoms in total. The Morgan fingerprint density at radius 3 is 2.32 bits per heavy atom. The van der Waals surface area contributed by atoms with Crippen LogP contribution in [-0.2, 0) is 25.5 Å². The first-order valence-corrected chi connectivity index (χ1v) is 7.65. The Morgan fingerprint density at radius 1 is 1.00 bits per heavy atom. The summed E-state index contributed by atoms with van der Waals surface area (Å²) in [6.45, 7) is 6.50. The fourth-order valence-electron chi connectivity index (χ4n) is 2.15. The largest absolute Gasteiger partial charge is 0.494 e. The molecule has 1 atom stereocenters. The molecule has 0 aliphatic heterocycles. The van der Waals surface area contributed by atoms with Gasteiger partial charge in [0.2, 0.25) is 0 Å². The molecule has 0 aliphatic carbocycles. The van der Waals surface area contributed by atoms with Gasteiger partial charge in [0.05, 0.1) is 32.2 Å². The highest BCUT2D eigenvalue weighted by atomic mass is 16.5. The van der Waals surface area contributed by atoms with Gasteiger partial charge in [-0.15, -0.1) is 0 Å². The quantitative estimate of drug-likeness (QED) is 0.656. The SMILES string of the molecule is CCOC(=O)CC(Cc1ccccc1OCC)C(=O)OCC. The van der Waals surface area contributed by atoms with E-state index < -0.39 is 11.9 Å². The van der Waals surface area contributed by atoms with Crippen molar-refractivity contribution in [3.8, 4) is 5.75 Å². The summed E-state index contributed by atoms with van der Waals surface area (Å²) in [5, 5.41) is 0. The van der Waals surface area contributed by atoms with Crippen LogP contribution in [0.3, 0.4) is 0 Å². The van der Waals surface area contributed by atoms with Crippen LogP contribution in [0.1, 0.15) is 32.8 Å². The van der Waals surface area contributed by atoms with E-state index in [0.29, 0.717) is 19.6 Å². The number of carbonyl (C=O) groups excluding carboxylic acids is 2. The van der Waals surface area contributed by atoms with E-state index in [1.807, 2.05) is 31.2 Å². The van der Waals surface area contributed by atoms with E-state index >= 15 is 0 Å². The third-order valence-corrected chi connectivity index (χ3v) is 3.08. The van der Waals surface area contributed by atoms with Crippen LogP contribution >= 0.6 is 0 Å². The van der Waals surface area contributed by atoms with E-state index in [-0.39, 0.29) is 19.0 Å². The van der Waals surface area contributed by atoms with E-state index in [0.717, 1.165) is 11.3 Å². The fraction of sp³-hybridized carbons (Fsp3) is 0.529. The van der Waals surface area contributed by atoms with Crippen LogP contribution in [0, 0.1) is 5.92 Å². The number of para-hydroxylation sites is 1. The van der Waals surface area contributed by atoms with E-state index in [4.69, 9.17) is 14.2 Å². The third kappa shape index (κ3) is 5.76. The maximum atomic E-state index is 12.1. The normalized spacial score (nSPS) is 11.6. The standard InChI is InChI=1S/C17H24O5/c1-4-20-15-10-8-7-9-13(15)11-14(17(19)22-6-3)12-16(18)21-5-2/h7-10,14H,4-6,11-12H2,1-3H3. The Hall–Kier alpha value is -2.04. The summed E-state index contributed by atoms with van der Waals surface area (Å²) in [7, 11) is 0. The van der Waals surface area contributed by atoms with Gasteiger partial charge in [0.25, 0.3) is 0 Å². The molecule has 0 fully saturated rings. The predicted octanol–water partition coefficient (Wildman–Crippen LogP) is 2.76. The zero-order chi connectivity index (χ0) is 16.4. The van der Waals surface area contributed by atoms with Crippen molar-refractivity contribution in [1.29, 1.82) is 0 Å². The molecule has 0 bridgehead atoms. The number of ether oxygens (including phenoxy) is 3. The van der Waals surface area contributed by atoms with E-state index in [9.17, 15) is 9.59 Å². The van der Waals surface area contributed by atoms with Gasteiger partial charge in [0.15, 0.2) is 0 Å². The van der Waals surface area contributed by atoms with Gasteiger partial charge in [-0.3, -0.25) is 9.59 Å². The van der Waals surface area contributed by atoms with Crippen LogP contribution in [0.4, 0.5) is 0 Å². The summed E-state index contributed by atoms with van der Waals surface area (Å²) >= 11 is 0. The van der Waals surface area contributed by atoms with Crippen LogP contribution in [-0.4, -0.2) is 31.8 Å². The van der Waals surface area contributed by atoms with Crippen LogP contribution in [0.25, 0.3) is 0 Å². The van der Waals surface area contributed by atoms with Crippen LogP contribution in [0.2, 0.25) is 0 Å². The van der Waals surface area contributed by atoms with E-state index in [1.165, 1.54) is 0 Å². The highest BCUT2D eigenvalue weighted by Crippen LogP contribution is 2.24. The van der Waals surface area contributed by atoms with Crippen LogP contribution in [0.15, 0.2) is 24.3 Å². The molecular weight excluding hydrogens is 284 g/mol. The minimum atomic E-state index is -0.569. The molecule has 5 heteroatoms. The van der Waals surface area contributed by atoms with Crippen molar-refractivity contribution >= 4 is 11.9 Å². The summed E-state index contributed by atoms with van der Waals surface area (Å²) in [5.74, 6) is -0.625. The maximum Gasteiger partial charge on any atom is 0.309 e. The van der Waals surface area contributed by atoms with E-state index in [1.54, 1.807) is 13.8 Å². The van der Waals surface area contributed by atoms with Crippen molar-refractivity contribution in [3.63, 3.8) is 0 Å². The zero-order valence-electron chi connectivity index (χ0n) is 13.5. The van der Waals surface area contributed by atoms with Gasteiger partial charge in [0.1, 0.15) is 5.75 Å². The maximum absolute atomic E-state index is 12.1. The van der Waals surface area contributed by atoms with Gasteiger partial charge in [-0.05, 0) is 38.8 Å². The minimum Gasteiger partial charge on any atom is -0.494 e. The molecule has 0 radical (unpaired) electrons. The molecule has 22 heavy (non-hydrogen) atoms. The highest BCUT2D eigenvalue weighted by Gasteiger charge is 2.25. The Balaban J connectivity index is 2.87. The summed E-state index contributed by atoms with van der Waals surface area (Å²) in [4.78, 5) is 23.8. The van der Waals surface area contributed by atoms with Crippen molar-refractivity contribution < 1.29 is 23.8 Å². The van der Waals surface area contributed by atoms with Crippen LogP contribution in [0.5, 0.6) is 5.75 Å². The number of rotatable bonds is 9. The smallest absolute Gasteiger partial charge is 0.309 e. The summed E-state index contributed by atoms with van der Waals surface area (Å²) in [6, 6.07) is 7.50. The Labute approximate surface area is 131 Å². The molecule has 0 aliphatic rings. The molecule has 0 heterocycles. The Morgan fingerprint density at radius 2 is 1.68 bits per heavy atom. The molecule has 0 aromatic heterocycles. The second-order valence-electron chi connectivity index (χ2n) is 4.70. The first-order valence-electron chi connectivity index (χ1n) is 7.65. The van der Waals surface area contributed by atoms with Crippen molar-refractivity contribution in [3.05, 3.63) is 29.8 Å². The number of carbonyl (C=O) groups is 2. The molecule has 0 amide bonds. The molecule has 122 valence electrons. The molecule has 1 unspecified atom stereocenters. The topological polar surface area (TPSA) is 61.8 Å². The van der Waals surface area contributed by atoms with Gasteiger partial charge in [0, 0.05) is 0 Å². The first-order chi connectivity index (χ1) is 10.6. The van der Waals surface area contributed by atoms with Crippen molar-refractivity contribution in [1.82, 2.24) is 0 Å². The highest BCUT2D eigenvalue weighted by molar-refractivity contribution is 5.80. The lowest BCUT2D eigenvalue weighted by atomic mass is 9.95. The fourth-order valence-corrected chi connectivity index (χ4v) is 2.15. The minimum absolute atomic E-state index is 0.00708. The van der Waals surface area contributed by atoms with Gasteiger partial charge < -0.3 is 14.2 Å². The zero-order valence-corrected chi connectivity index (χ0v) is 13.5. The molecule has 0 N–H and O–H groups in total. The van der Waals surface area contributed by atoms with Gasteiger partial charge in [-0.1, -0.05) is 18.2 Å². The molecule has 1 aromatic rings. The third-order valence-electron chi connectivity index (χ3n) is 3.08. The van der Waals surface area contributed by atoms with Gasteiger partial charge in [-0.25, -0.2) is 0 Å². The van der Waals surface area contributed by atoms with E-state index in [2.05, 4.69) is 0 Å². The number of hydrogen-bond donors (Lipinski definition) is 0. The van der Waals surface area contributed by atoms with Crippen molar-refractivity contribution in [2.45, 2.75) is 33.6 Å². The number of benzene rings is 1. The summed E-state index contributed by atoms with van der Waals surface area (Å²) in [6.07, 6.45) is 0.390. The lowest BCUT2D eigenvalue weighted by Gasteiger charge is -2.17. The average molecular weight is 308 g/mol. The molecule has 0 spiro atoms. The van der Waals surface area contributed by atoms with Gasteiger partial charge >= 0.3 is 11.9 Å². The van der Waals surface area contributed by atoms with Crippen molar-refractivity contribution in [2.75, 3.05) is 19.8 Å². The first kappa shape index (κ1) is 18.0. The molecule has 1 rings (SSSR count). The Bertz CT molecular complexity index is 484. The Kier molecular flexibility index (Phi) is 8.04. The number of esters is 2. The molecule has 1 aromatic carbocycles. The molecule has 0 saturated heterocycles. The molecular formula is C17H24O5. The second kappa shape index (κ2) is 9.82. The average Bonchev–Trinajstić information content (AvgIpc) is 2.49. The monoisotopic (exact) mass is 308 g/mol. The second-order valence-corrected chi connectivity index (χ2v) is 4.70. The van der Waals surface area contributed by atoms with Crippen molar-refractivity contribution in [2.24, 2.45) is 5.92 Å². The summed E-state index contributed by atoms with van der Waals surface area (Å²) in [5.41, 5.74) is 0.881. The summed E-state index contributed by atoms with van der Waals surface area (Å²) < 4.78 is 15.6. The number of hydrogen-bond acceptors (Lipinski definition) is 5. The lowest BCUT2D eigenvalue weighted by molar-refractivity contribution is -0.154. The lowest BCUT2D eigenvalue weighted by Crippen LogP contribution is -2.24. The predicted molar refractivity (Wildman–Crippen MR) is 82.7 cm³/mol.